The maximum absolute atomic E-state index is 12.6. The molecule has 1 aromatic heterocycles. The van der Waals surface area contributed by atoms with Gasteiger partial charge in [0.1, 0.15) is 6.61 Å². The van der Waals surface area contributed by atoms with E-state index in [0.717, 1.165) is 51.0 Å². The zero-order chi connectivity index (χ0) is 16.5. The van der Waals surface area contributed by atoms with Gasteiger partial charge in [-0.15, -0.1) is 0 Å². The highest BCUT2D eigenvalue weighted by molar-refractivity contribution is 5.78. The molecule has 3 aliphatic rings. The third-order valence-electron chi connectivity index (χ3n) is 5.59. The zero-order valence-corrected chi connectivity index (χ0v) is 14.4. The molecule has 0 unspecified atom stereocenters. The lowest BCUT2D eigenvalue weighted by atomic mass is 9.89. The van der Waals surface area contributed by atoms with E-state index in [0.29, 0.717) is 17.7 Å². The summed E-state index contributed by atoms with van der Waals surface area (Å²) >= 11 is 0. The lowest BCUT2D eigenvalue weighted by Gasteiger charge is -2.28. The van der Waals surface area contributed by atoms with Crippen LogP contribution in [0.25, 0.3) is 0 Å². The van der Waals surface area contributed by atoms with E-state index < -0.39 is 0 Å². The molecule has 1 amide bonds. The summed E-state index contributed by atoms with van der Waals surface area (Å²) in [5, 5.41) is 4.13. The van der Waals surface area contributed by atoms with Gasteiger partial charge in [-0.1, -0.05) is 24.9 Å². The summed E-state index contributed by atoms with van der Waals surface area (Å²) in [4.78, 5) is 19.0. The van der Waals surface area contributed by atoms with Gasteiger partial charge >= 0.3 is 0 Å². The Kier molecular flexibility index (Phi) is 4.57. The SMILES string of the molecule is C[C@@H]1CCC[C@@H](OCC(=O)N2CCC[C@H]2c2noc(C3CC3)n2)C1. The van der Waals surface area contributed by atoms with Crippen LogP contribution in [0.1, 0.15) is 82.0 Å². The van der Waals surface area contributed by atoms with E-state index in [1.165, 1.54) is 12.8 Å². The summed E-state index contributed by atoms with van der Waals surface area (Å²) < 4.78 is 11.3. The van der Waals surface area contributed by atoms with Crippen LogP contribution in [-0.2, 0) is 9.53 Å². The molecule has 0 aromatic carbocycles. The van der Waals surface area contributed by atoms with E-state index in [2.05, 4.69) is 17.1 Å². The Morgan fingerprint density at radius 3 is 2.92 bits per heavy atom. The average Bonchev–Trinajstić information content (AvgIpc) is 3.11. The first-order chi connectivity index (χ1) is 11.7. The van der Waals surface area contributed by atoms with E-state index in [-0.39, 0.29) is 24.7 Å². The second-order valence-corrected chi connectivity index (χ2v) is 7.72. The Bertz CT molecular complexity index is 584. The van der Waals surface area contributed by atoms with Crippen LogP contribution in [0.5, 0.6) is 0 Å². The second-order valence-electron chi connectivity index (χ2n) is 7.72. The first-order valence-corrected chi connectivity index (χ1v) is 9.45. The van der Waals surface area contributed by atoms with Gasteiger partial charge in [0.25, 0.3) is 0 Å². The highest BCUT2D eigenvalue weighted by Gasteiger charge is 2.36. The van der Waals surface area contributed by atoms with Gasteiger partial charge in [-0.25, -0.2) is 0 Å². The fourth-order valence-corrected chi connectivity index (χ4v) is 4.01. The molecule has 3 fully saturated rings. The van der Waals surface area contributed by atoms with Crippen molar-refractivity contribution < 1.29 is 14.1 Å². The van der Waals surface area contributed by atoms with Gasteiger partial charge in [-0.2, -0.15) is 4.98 Å². The van der Waals surface area contributed by atoms with E-state index in [9.17, 15) is 4.79 Å². The summed E-state index contributed by atoms with van der Waals surface area (Å²) in [5.41, 5.74) is 0. The van der Waals surface area contributed by atoms with Gasteiger partial charge in [0.15, 0.2) is 5.82 Å². The summed E-state index contributed by atoms with van der Waals surface area (Å²) in [5.74, 6) is 2.64. The lowest BCUT2D eigenvalue weighted by Crippen LogP contribution is -2.35. The number of rotatable bonds is 5. The molecule has 6 nitrogen and oxygen atoms in total. The third kappa shape index (κ3) is 3.48. The summed E-state index contributed by atoms with van der Waals surface area (Å²) in [6.45, 7) is 3.21. The van der Waals surface area contributed by atoms with Crippen LogP contribution in [0.15, 0.2) is 4.52 Å². The van der Waals surface area contributed by atoms with Crippen LogP contribution in [0.4, 0.5) is 0 Å². The highest BCUT2D eigenvalue weighted by Crippen LogP contribution is 2.40. The predicted octanol–water partition coefficient (Wildman–Crippen LogP) is 3.21. The molecular formula is C18H27N3O3. The van der Waals surface area contributed by atoms with Gasteiger partial charge in [-0.3, -0.25) is 4.79 Å². The molecule has 1 saturated heterocycles. The number of hydrogen-bond acceptors (Lipinski definition) is 5. The van der Waals surface area contributed by atoms with E-state index >= 15 is 0 Å². The van der Waals surface area contributed by atoms with Crippen LogP contribution in [0, 0.1) is 5.92 Å². The van der Waals surface area contributed by atoms with Crippen molar-refractivity contribution in [2.24, 2.45) is 5.92 Å². The Hall–Kier alpha value is -1.43. The van der Waals surface area contributed by atoms with E-state index in [1.54, 1.807) is 0 Å². The minimum absolute atomic E-state index is 0.0392. The number of carbonyl (C=O) groups is 1. The highest BCUT2D eigenvalue weighted by atomic mass is 16.5. The Morgan fingerprint density at radius 2 is 2.12 bits per heavy atom. The maximum atomic E-state index is 12.6. The third-order valence-corrected chi connectivity index (χ3v) is 5.59. The molecule has 0 N–H and O–H groups in total. The van der Waals surface area contributed by atoms with Crippen molar-refractivity contribution in [2.75, 3.05) is 13.2 Å². The number of likely N-dealkylation sites (tertiary alicyclic amines) is 1. The summed E-state index contributed by atoms with van der Waals surface area (Å²) in [6.07, 6.45) is 9.07. The fraction of sp³-hybridized carbons (Fsp3) is 0.833. The van der Waals surface area contributed by atoms with Gasteiger partial charge < -0.3 is 14.2 Å². The van der Waals surface area contributed by atoms with E-state index in [4.69, 9.17) is 9.26 Å². The molecule has 1 aliphatic heterocycles. The van der Waals surface area contributed by atoms with Gasteiger partial charge in [0.05, 0.1) is 12.1 Å². The molecule has 0 radical (unpaired) electrons. The van der Waals surface area contributed by atoms with Crippen molar-refractivity contribution in [3.8, 4) is 0 Å². The van der Waals surface area contributed by atoms with Gasteiger partial charge in [0.2, 0.25) is 11.8 Å². The molecular weight excluding hydrogens is 306 g/mol. The Labute approximate surface area is 142 Å². The van der Waals surface area contributed by atoms with Crippen LogP contribution in [0.3, 0.4) is 0 Å². The zero-order valence-electron chi connectivity index (χ0n) is 14.4. The lowest BCUT2D eigenvalue weighted by molar-refractivity contribution is -0.140. The molecule has 2 heterocycles. The van der Waals surface area contributed by atoms with Crippen molar-refractivity contribution in [1.82, 2.24) is 15.0 Å². The molecule has 3 atom stereocenters. The molecule has 6 heteroatoms. The molecule has 1 aromatic rings. The van der Waals surface area contributed by atoms with Crippen LogP contribution < -0.4 is 0 Å². The van der Waals surface area contributed by atoms with Crippen molar-refractivity contribution in [3.05, 3.63) is 11.7 Å². The Morgan fingerprint density at radius 1 is 1.25 bits per heavy atom. The van der Waals surface area contributed by atoms with Crippen LogP contribution in [0.2, 0.25) is 0 Å². The predicted molar refractivity (Wildman–Crippen MR) is 87.3 cm³/mol. The van der Waals surface area contributed by atoms with Crippen molar-refractivity contribution in [1.29, 1.82) is 0 Å². The standard InChI is InChI=1S/C18H27N3O3/c1-12-4-2-5-14(10-12)23-11-16(22)21-9-3-6-15(21)17-19-18(24-20-17)13-7-8-13/h12-15H,2-11H2,1H3/t12-,14-,15+/m1/s1. The molecule has 0 bridgehead atoms. The topological polar surface area (TPSA) is 68.5 Å². The molecule has 0 spiro atoms. The van der Waals surface area contributed by atoms with Crippen molar-refractivity contribution in [2.45, 2.75) is 76.4 Å². The average molecular weight is 333 g/mol. The normalized spacial score (nSPS) is 30.7. The second kappa shape index (κ2) is 6.82. The molecule has 2 aliphatic carbocycles. The summed E-state index contributed by atoms with van der Waals surface area (Å²) in [7, 11) is 0. The number of carbonyl (C=O) groups excluding carboxylic acids is 1. The van der Waals surface area contributed by atoms with Gasteiger partial charge in [-0.05, 0) is 44.4 Å². The number of ether oxygens (including phenoxy) is 1. The maximum Gasteiger partial charge on any atom is 0.249 e. The largest absolute Gasteiger partial charge is 0.368 e. The quantitative estimate of drug-likeness (QED) is 0.827. The van der Waals surface area contributed by atoms with Crippen LogP contribution in [-0.4, -0.2) is 40.2 Å². The number of hydrogen-bond donors (Lipinski definition) is 0. The number of aromatic nitrogens is 2. The molecule has 132 valence electrons. The monoisotopic (exact) mass is 333 g/mol. The number of amides is 1. The first-order valence-electron chi connectivity index (χ1n) is 9.45. The minimum atomic E-state index is -0.0392. The van der Waals surface area contributed by atoms with Crippen molar-refractivity contribution in [3.63, 3.8) is 0 Å². The minimum Gasteiger partial charge on any atom is -0.368 e. The summed E-state index contributed by atoms with van der Waals surface area (Å²) in [6, 6.07) is -0.0392. The van der Waals surface area contributed by atoms with E-state index in [1.807, 2.05) is 4.90 Å². The Balaban J connectivity index is 1.34. The smallest absolute Gasteiger partial charge is 0.249 e. The molecule has 24 heavy (non-hydrogen) atoms. The van der Waals surface area contributed by atoms with Crippen molar-refractivity contribution >= 4 is 5.91 Å². The fourth-order valence-electron chi connectivity index (χ4n) is 4.01. The number of nitrogens with zero attached hydrogens (tertiary/aromatic N) is 3. The molecule has 4 rings (SSSR count). The molecule has 2 saturated carbocycles. The first kappa shape index (κ1) is 16.1. The van der Waals surface area contributed by atoms with Crippen LogP contribution >= 0.6 is 0 Å². The van der Waals surface area contributed by atoms with Gasteiger partial charge in [0, 0.05) is 12.5 Å².